The smallest absolute Gasteiger partial charge is 0.123 e. The van der Waals surface area contributed by atoms with Crippen molar-refractivity contribution in [3.8, 4) is 5.75 Å². The first-order valence-electron chi connectivity index (χ1n) is 5.21. The fourth-order valence-electron chi connectivity index (χ4n) is 1.53. The van der Waals surface area contributed by atoms with E-state index in [4.69, 9.17) is 16.3 Å². The van der Waals surface area contributed by atoms with Gasteiger partial charge in [-0.2, -0.15) is 0 Å². The monoisotopic (exact) mass is 268 g/mol. The lowest BCUT2D eigenvalue weighted by Gasteiger charge is -2.09. The van der Waals surface area contributed by atoms with E-state index in [1.54, 1.807) is 18.4 Å². The molecule has 0 atom stereocenters. The summed E-state index contributed by atoms with van der Waals surface area (Å²) < 4.78 is 5.28. The van der Waals surface area contributed by atoms with Crippen LogP contribution in [0.25, 0.3) is 0 Å². The number of hydrogen-bond acceptors (Lipinski definition) is 4. The highest BCUT2D eigenvalue weighted by molar-refractivity contribution is 7.09. The van der Waals surface area contributed by atoms with Crippen LogP contribution in [0.5, 0.6) is 5.75 Å². The molecule has 0 aliphatic rings. The van der Waals surface area contributed by atoms with Crippen molar-refractivity contribution in [3.05, 3.63) is 45.4 Å². The molecule has 2 aromatic rings. The van der Waals surface area contributed by atoms with Gasteiger partial charge in [-0.25, -0.2) is 4.98 Å². The number of nitrogens with one attached hydrogen (secondary N) is 1. The molecule has 17 heavy (non-hydrogen) atoms. The van der Waals surface area contributed by atoms with Crippen LogP contribution in [0, 0.1) is 0 Å². The zero-order valence-electron chi connectivity index (χ0n) is 9.44. The molecule has 0 bridgehead atoms. The van der Waals surface area contributed by atoms with Gasteiger partial charge < -0.3 is 10.1 Å². The highest BCUT2D eigenvalue weighted by Crippen LogP contribution is 2.22. The molecule has 1 N–H and O–H groups in total. The fourth-order valence-corrected chi connectivity index (χ4v) is 2.31. The topological polar surface area (TPSA) is 34.1 Å². The number of halogens is 1. The van der Waals surface area contributed by atoms with Gasteiger partial charge in [0, 0.05) is 35.3 Å². The van der Waals surface area contributed by atoms with Crippen LogP contribution in [0.3, 0.4) is 0 Å². The molecule has 0 unspecified atom stereocenters. The molecule has 2 rings (SSSR count). The minimum absolute atomic E-state index is 0.712. The van der Waals surface area contributed by atoms with Gasteiger partial charge in [0.1, 0.15) is 10.8 Å². The third-order valence-corrected chi connectivity index (χ3v) is 3.33. The van der Waals surface area contributed by atoms with Gasteiger partial charge >= 0.3 is 0 Å². The average Bonchev–Trinajstić information content (AvgIpc) is 2.82. The second-order valence-electron chi connectivity index (χ2n) is 3.49. The molecular weight excluding hydrogens is 256 g/mol. The summed E-state index contributed by atoms with van der Waals surface area (Å²) >= 11 is 7.60. The summed E-state index contributed by atoms with van der Waals surface area (Å²) in [4.78, 5) is 4.21. The second-order valence-corrected chi connectivity index (χ2v) is 4.90. The number of methoxy groups -OCH3 is 1. The molecule has 1 aromatic carbocycles. The van der Waals surface area contributed by atoms with E-state index in [1.807, 2.05) is 29.8 Å². The zero-order valence-corrected chi connectivity index (χ0v) is 11.0. The molecule has 5 heteroatoms. The quantitative estimate of drug-likeness (QED) is 0.905. The van der Waals surface area contributed by atoms with Crippen molar-refractivity contribution in [2.45, 2.75) is 13.1 Å². The maximum atomic E-state index is 5.96. The molecule has 90 valence electrons. The van der Waals surface area contributed by atoms with Gasteiger partial charge in [0.15, 0.2) is 0 Å². The van der Waals surface area contributed by atoms with Gasteiger partial charge in [-0.1, -0.05) is 11.6 Å². The summed E-state index contributed by atoms with van der Waals surface area (Å²) in [5, 5.41) is 7.08. The largest absolute Gasteiger partial charge is 0.496 e. The van der Waals surface area contributed by atoms with E-state index >= 15 is 0 Å². The molecule has 0 saturated heterocycles. The third-order valence-electron chi connectivity index (χ3n) is 2.32. The van der Waals surface area contributed by atoms with Gasteiger partial charge in [-0.3, -0.25) is 0 Å². The Morgan fingerprint density at radius 1 is 1.41 bits per heavy atom. The van der Waals surface area contributed by atoms with Crippen LogP contribution in [0.2, 0.25) is 5.02 Å². The normalized spacial score (nSPS) is 10.5. The van der Waals surface area contributed by atoms with Crippen molar-refractivity contribution in [2.24, 2.45) is 0 Å². The lowest BCUT2D eigenvalue weighted by Crippen LogP contribution is -2.13. The number of benzene rings is 1. The molecule has 0 amide bonds. The Morgan fingerprint density at radius 2 is 2.29 bits per heavy atom. The van der Waals surface area contributed by atoms with Gasteiger partial charge in [0.05, 0.1) is 7.11 Å². The van der Waals surface area contributed by atoms with E-state index in [1.165, 1.54) is 0 Å². The molecule has 0 saturated carbocycles. The fraction of sp³-hybridized carbons (Fsp3) is 0.250. The Kier molecular flexibility index (Phi) is 4.36. The Balaban J connectivity index is 1.96. The number of aromatic nitrogens is 1. The molecular formula is C12H13ClN2OS. The highest BCUT2D eigenvalue weighted by Gasteiger charge is 2.03. The molecule has 3 nitrogen and oxygen atoms in total. The number of hydrogen-bond donors (Lipinski definition) is 1. The summed E-state index contributed by atoms with van der Waals surface area (Å²) in [5.41, 5.74) is 1.05. The van der Waals surface area contributed by atoms with Crippen LogP contribution in [0.1, 0.15) is 10.6 Å². The van der Waals surface area contributed by atoms with Crippen LogP contribution in [-0.2, 0) is 13.1 Å². The first kappa shape index (κ1) is 12.4. The van der Waals surface area contributed by atoms with Crippen LogP contribution in [0.15, 0.2) is 29.8 Å². The first-order chi connectivity index (χ1) is 8.29. The summed E-state index contributed by atoms with van der Waals surface area (Å²) in [6.07, 6.45) is 1.81. The Hall–Kier alpha value is -1.10. The van der Waals surface area contributed by atoms with E-state index in [-0.39, 0.29) is 0 Å². The maximum Gasteiger partial charge on any atom is 0.123 e. The Bertz CT molecular complexity index is 473. The summed E-state index contributed by atoms with van der Waals surface area (Å²) in [6, 6.07) is 5.61. The van der Waals surface area contributed by atoms with Crippen LogP contribution >= 0.6 is 22.9 Å². The van der Waals surface area contributed by atoms with E-state index < -0.39 is 0 Å². The summed E-state index contributed by atoms with van der Waals surface area (Å²) in [7, 11) is 1.66. The van der Waals surface area contributed by atoms with Crippen molar-refractivity contribution in [1.29, 1.82) is 0 Å². The molecule has 1 aromatic heterocycles. The Morgan fingerprint density at radius 3 is 3.00 bits per heavy atom. The van der Waals surface area contributed by atoms with E-state index in [0.717, 1.165) is 27.9 Å². The molecule has 0 spiro atoms. The van der Waals surface area contributed by atoms with Crippen LogP contribution in [-0.4, -0.2) is 12.1 Å². The lowest BCUT2D eigenvalue weighted by atomic mass is 10.2. The van der Waals surface area contributed by atoms with Crippen molar-refractivity contribution in [2.75, 3.05) is 7.11 Å². The SMILES string of the molecule is COc1ccc(Cl)cc1CNCc1nccs1. The summed E-state index contributed by atoms with van der Waals surface area (Å²) in [6.45, 7) is 1.47. The molecule has 0 aliphatic carbocycles. The van der Waals surface area contributed by atoms with Crippen molar-refractivity contribution < 1.29 is 4.74 Å². The molecule has 1 heterocycles. The number of thiazole rings is 1. The van der Waals surface area contributed by atoms with E-state index in [9.17, 15) is 0 Å². The maximum absolute atomic E-state index is 5.96. The average molecular weight is 269 g/mol. The van der Waals surface area contributed by atoms with Crippen LogP contribution < -0.4 is 10.1 Å². The van der Waals surface area contributed by atoms with Gasteiger partial charge in [0.25, 0.3) is 0 Å². The predicted octanol–water partition coefficient (Wildman–Crippen LogP) is 3.09. The van der Waals surface area contributed by atoms with E-state index in [0.29, 0.717) is 6.54 Å². The minimum Gasteiger partial charge on any atom is -0.496 e. The van der Waals surface area contributed by atoms with Gasteiger partial charge in [-0.15, -0.1) is 11.3 Å². The standard InChI is InChI=1S/C12H13ClN2OS/c1-16-11-3-2-10(13)6-9(11)7-14-8-12-15-4-5-17-12/h2-6,14H,7-8H2,1H3. The first-order valence-corrected chi connectivity index (χ1v) is 6.47. The number of rotatable bonds is 5. The van der Waals surface area contributed by atoms with Crippen molar-refractivity contribution >= 4 is 22.9 Å². The molecule has 0 radical (unpaired) electrons. The predicted molar refractivity (Wildman–Crippen MR) is 70.7 cm³/mol. The van der Waals surface area contributed by atoms with Crippen molar-refractivity contribution in [1.82, 2.24) is 10.3 Å². The second kappa shape index (κ2) is 6.00. The number of ether oxygens (including phenoxy) is 1. The lowest BCUT2D eigenvalue weighted by molar-refractivity contribution is 0.407. The van der Waals surface area contributed by atoms with Gasteiger partial charge in [-0.05, 0) is 18.2 Å². The van der Waals surface area contributed by atoms with Gasteiger partial charge in [0.2, 0.25) is 0 Å². The Labute approximate surface area is 109 Å². The van der Waals surface area contributed by atoms with E-state index in [2.05, 4.69) is 10.3 Å². The van der Waals surface area contributed by atoms with Crippen molar-refractivity contribution in [3.63, 3.8) is 0 Å². The highest BCUT2D eigenvalue weighted by atomic mass is 35.5. The third kappa shape index (κ3) is 3.43. The van der Waals surface area contributed by atoms with Crippen LogP contribution in [0.4, 0.5) is 0 Å². The zero-order chi connectivity index (χ0) is 12.1. The summed E-state index contributed by atoms with van der Waals surface area (Å²) in [5.74, 6) is 0.848. The minimum atomic E-state index is 0.712. The number of nitrogens with zero attached hydrogens (tertiary/aromatic N) is 1. The molecule has 0 fully saturated rings. The molecule has 0 aliphatic heterocycles.